The fraction of sp³-hybridized carbons (Fsp3) is 0.350. The molecule has 0 aliphatic rings. The molecule has 136 valence electrons. The fourth-order valence-electron chi connectivity index (χ4n) is 2.91. The SMILES string of the molecule is CCc1nc2scc(-c3ccc(C)cc3)c2c(=O)n1CC(C)(C)C(=O)O. The Labute approximate surface area is 155 Å². The number of carboxylic acid groups (broad SMARTS) is 1. The summed E-state index contributed by atoms with van der Waals surface area (Å²) in [5.41, 5.74) is 1.75. The number of nitrogens with zero attached hydrogens (tertiary/aromatic N) is 2. The minimum atomic E-state index is -1.05. The summed E-state index contributed by atoms with van der Waals surface area (Å²) in [6.07, 6.45) is 0.568. The van der Waals surface area contributed by atoms with E-state index in [1.807, 2.05) is 43.5 Å². The molecule has 2 aromatic heterocycles. The standard InChI is InChI=1S/C20H22N2O3S/c1-5-15-21-17-16(18(23)22(15)11-20(3,4)19(24)25)14(10-26-17)13-8-6-12(2)7-9-13/h6-10H,5,11H2,1-4H3,(H,24,25). The summed E-state index contributed by atoms with van der Waals surface area (Å²) in [4.78, 5) is 30.2. The Bertz CT molecular complexity index is 1030. The molecule has 0 amide bonds. The van der Waals surface area contributed by atoms with Gasteiger partial charge in [0.05, 0.1) is 10.8 Å². The van der Waals surface area contributed by atoms with Gasteiger partial charge in [0.1, 0.15) is 10.7 Å². The molecular formula is C20H22N2O3S. The maximum absolute atomic E-state index is 13.3. The van der Waals surface area contributed by atoms with Crippen LogP contribution in [0.4, 0.5) is 0 Å². The lowest BCUT2D eigenvalue weighted by atomic mass is 9.93. The van der Waals surface area contributed by atoms with Crippen molar-refractivity contribution in [1.82, 2.24) is 9.55 Å². The molecule has 26 heavy (non-hydrogen) atoms. The van der Waals surface area contributed by atoms with Crippen LogP contribution >= 0.6 is 11.3 Å². The lowest BCUT2D eigenvalue weighted by Crippen LogP contribution is -2.36. The predicted octanol–water partition coefficient (Wildman–Crippen LogP) is 4.11. The molecule has 3 aromatic rings. The number of aromatic nitrogens is 2. The van der Waals surface area contributed by atoms with Crippen LogP contribution in [0.2, 0.25) is 0 Å². The van der Waals surface area contributed by atoms with Crippen LogP contribution < -0.4 is 5.56 Å². The number of thiophene rings is 1. The van der Waals surface area contributed by atoms with E-state index in [0.717, 1.165) is 16.7 Å². The number of fused-ring (bicyclic) bond motifs is 1. The molecule has 0 saturated carbocycles. The van der Waals surface area contributed by atoms with Gasteiger partial charge in [-0.3, -0.25) is 14.2 Å². The molecule has 3 rings (SSSR count). The van der Waals surface area contributed by atoms with Crippen LogP contribution in [-0.2, 0) is 17.8 Å². The summed E-state index contributed by atoms with van der Waals surface area (Å²) in [6, 6.07) is 8.02. The first-order valence-electron chi connectivity index (χ1n) is 8.56. The second kappa shape index (κ2) is 6.68. The van der Waals surface area contributed by atoms with Gasteiger partial charge < -0.3 is 5.11 Å². The summed E-state index contributed by atoms with van der Waals surface area (Å²) < 4.78 is 1.53. The topological polar surface area (TPSA) is 72.2 Å². The molecule has 0 spiro atoms. The Morgan fingerprint density at radius 2 is 1.92 bits per heavy atom. The van der Waals surface area contributed by atoms with Crippen molar-refractivity contribution >= 4 is 27.5 Å². The molecule has 5 nitrogen and oxygen atoms in total. The van der Waals surface area contributed by atoms with Crippen LogP contribution in [0, 0.1) is 12.3 Å². The van der Waals surface area contributed by atoms with Gasteiger partial charge in [0, 0.05) is 23.9 Å². The second-order valence-electron chi connectivity index (χ2n) is 7.16. The lowest BCUT2D eigenvalue weighted by Gasteiger charge is -2.22. The molecule has 2 heterocycles. The van der Waals surface area contributed by atoms with Crippen molar-refractivity contribution in [2.75, 3.05) is 0 Å². The summed E-state index contributed by atoms with van der Waals surface area (Å²) in [6.45, 7) is 7.29. The van der Waals surface area contributed by atoms with Gasteiger partial charge in [-0.2, -0.15) is 0 Å². The van der Waals surface area contributed by atoms with Crippen LogP contribution in [0.3, 0.4) is 0 Å². The maximum Gasteiger partial charge on any atom is 0.310 e. The van der Waals surface area contributed by atoms with Crippen LogP contribution in [0.1, 0.15) is 32.2 Å². The number of benzene rings is 1. The number of aliphatic carboxylic acids is 1. The van der Waals surface area contributed by atoms with Crippen molar-refractivity contribution in [2.45, 2.75) is 40.7 Å². The highest BCUT2D eigenvalue weighted by molar-refractivity contribution is 7.17. The molecule has 0 aliphatic carbocycles. The average Bonchev–Trinajstić information content (AvgIpc) is 3.01. The van der Waals surface area contributed by atoms with Crippen molar-refractivity contribution in [3.05, 3.63) is 51.4 Å². The Morgan fingerprint density at radius 1 is 1.27 bits per heavy atom. The van der Waals surface area contributed by atoms with Crippen LogP contribution in [0.5, 0.6) is 0 Å². The Balaban J connectivity index is 2.24. The first-order chi connectivity index (χ1) is 12.2. The quantitative estimate of drug-likeness (QED) is 0.734. The zero-order chi connectivity index (χ0) is 19.1. The van der Waals surface area contributed by atoms with E-state index in [9.17, 15) is 14.7 Å². The zero-order valence-corrected chi connectivity index (χ0v) is 16.2. The molecule has 0 fully saturated rings. The third-order valence-electron chi connectivity index (χ3n) is 4.58. The van der Waals surface area contributed by atoms with Crippen molar-refractivity contribution in [1.29, 1.82) is 0 Å². The molecule has 0 radical (unpaired) electrons. The molecule has 0 unspecified atom stereocenters. The van der Waals surface area contributed by atoms with Crippen LogP contribution in [0.15, 0.2) is 34.4 Å². The molecule has 0 bridgehead atoms. The van der Waals surface area contributed by atoms with Crippen LogP contribution in [0.25, 0.3) is 21.3 Å². The molecule has 6 heteroatoms. The van der Waals surface area contributed by atoms with Gasteiger partial charge in [0.25, 0.3) is 5.56 Å². The summed E-state index contributed by atoms with van der Waals surface area (Å²) in [7, 11) is 0. The van der Waals surface area contributed by atoms with Gasteiger partial charge in [0.15, 0.2) is 0 Å². The second-order valence-corrected chi connectivity index (χ2v) is 8.02. The first-order valence-corrected chi connectivity index (χ1v) is 9.44. The molecule has 1 aromatic carbocycles. The third kappa shape index (κ3) is 3.17. The lowest BCUT2D eigenvalue weighted by molar-refractivity contribution is -0.147. The summed E-state index contributed by atoms with van der Waals surface area (Å²) in [5, 5.41) is 12.0. The monoisotopic (exact) mass is 370 g/mol. The maximum atomic E-state index is 13.3. The number of hydrogen-bond acceptors (Lipinski definition) is 4. The van der Waals surface area contributed by atoms with E-state index in [-0.39, 0.29) is 12.1 Å². The van der Waals surface area contributed by atoms with Crippen molar-refractivity contribution < 1.29 is 9.90 Å². The minimum absolute atomic E-state index is 0.0937. The van der Waals surface area contributed by atoms with Gasteiger partial charge in [0.2, 0.25) is 0 Å². The first kappa shape index (κ1) is 18.3. The van der Waals surface area contributed by atoms with E-state index in [4.69, 9.17) is 0 Å². The molecule has 0 atom stereocenters. The van der Waals surface area contributed by atoms with E-state index in [2.05, 4.69) is 4.98 Å². The van der Waals surface area contributed by atoms with Gasteiger partial charge in [-0.15, -0.1) is 11.3 Å². The van der Waals surface area contributed by atoms with Crippen molar-refractivity contribution in [2.24, 2.45) is 5.41 Å². The van der Waals surface area contributed by atoms with Gasteiger partial charge in [-0.05, 0) is 26.3 Å². The Morgan fingerprint density at radius 3 is 2.50 bits per heavy atom. The van der Waals surface area contributed by atoms with Crippen molar-refractivity contribution in [3.8, 4) is 11.1 Å². The number of hydrogen-bond donors (Lipinski definition) is 1. The van der Waals surface area contributed by atoms with E-state index < -0.39 is 11.4 Å². The third-order valence-corrected chi connectivity index (χ3v) is 5.46. The van der Waals surface area contributed by atoms with E-state index in [1.54, 1.807) is 13.8 Å². The van der Waals surface area contributed by atoms with Crippen LogP contribution in [-0.4, -0.2) is 20.6 Å². The summed E-state index contributed by atoms with van der Waals surface area (Å²) >= 11 is 1.45. The number of rotatable bonds is 5. The number of aryl methyl sites for hydroxylation is 2. The predicted molar refractivity (Wildman–Crippen MR) is 105 cm³/mol. The van der Waals surface area contributed by atoms with Crippen molar-refractivity contribution in [3.63, 3.8) is 0 Å². The van der Waals surface area contributed by atoms with E-state index in [1.165, 1.54) is 15.9 Å². The fourth-order valence-corrected chi connectivity index (χ4v) is 3.86. The van der Waals surface area contributed by atoms with E-state index in [0.29, 0.717) is 22.5 Å². The summed E-state index contributed by atoms with van der Waals surface area (Å²) in [5.74, 6) is -0.315. The highest BCUT2D eigenvalue weighted by atomic mass is 32.1. The zero-order valence-electron chi connectivity index (χ0n) is 15.4. The van der Waals surface area contributed by atoms with E-state index >= 15 is 0 Å². The normalized spacial score (nSPS) is 11.8. The molecule has 0 aliphatic heterocycles. The smallest absolute Gasteiger partial charge is 0.310 e. The Kier molecular flexibility index (Phi) is 4.71. The highest BCUT2D eigenvalue weighted by Gasteiger charge is 2.30. The Hall–Kier alpha value is -2.47. The minimum Gasteiger partial charge on any atom is -0.481 e. The van der Waals surface area contributed by atoms with Gasteiger partial charge >= 0.3 is 5.97 Å². The van der Waals surface area contributed by atoms with Gasteiger partial charge in [-0.25, -0.2) is 4.98 Å². The average molecular weight is 370 g/mol. The molecule has 1 N–H and O–H groups in total. The number of carboxylic acids is 1. The highest BCUT2D eigenvalue weighted by Crippen LogP contribution is 2.31. The van der Waals surface area contributed by atoms with Gasteiger partial charge in [-0.1, -0.05) is 36.8 Å². The number of carbonyl (C=O) groups is 1. The molecular weight excluding hydrogens is 348 g/mol. The molecule has 0 saturated heterocycles. The largest absolute Gasteiger partial charge is 0.481 e.